The van der Waals surface area contributed by atoms with E-state index < -0.39 is 0 Å². The van der Waals surface area contributed by atoms with Crippen LogP contribution in [0.2, 0.25) is 0 Å². The molecule has 0 atom stereocenters. The van der Waals surface area contributed by atoms with E-state index in [1.807, 2.05) is 0 Å². The van der Waals surface area contributed by atoms with Crippen LogP contribution < -0.4 is 10.6 Å². The summed E-state index contributed by atoms with van der Waals surface area (Å²) in [4.78, 5) is 0. The molecule has 0 aromatic heterocycles. The lowest BCUT2D eigenvalue weighted by molar-refractivity contribution is 0.514. The lowest BCUT2D eigenvalue weighted by atomic mass is 10.4. The van der Waals surface area contributed by atoms with Crippen molar-refractivity contribution < 1.29 is 0 Å². The Morgan fingerprint density at radius 2 is 1.11 bits per heavy atom. The zero-order valence-electron chi connectivity index (χ0n) is 11.5. The minimum absolute atomic E-state index is 0. The van der Waals surface area contributed by atoms with Crippen LogP contribution >= 0.6 is 20.5 Å². The van der Waals surface area contributed by atoms with Gasteiger partial charge in [0.15, 0.2) is 0 Å². The quantitative estimate of drug-likeness (QED) is 0.758. The highest BCUT2D eigenvalue weighted by Gasteiger charge is 2.19. The van der Waals surface area contributed by atoms with Gasteiger partial charge in [0.2, 0.25) is 0 Å². The van der Waals surface area contributed by atoms with E-state index in [0.717, 1.165) is 13.1 Å². The van der Waals surface area contributed by atoms with Gasteiger partial charge in [-0.1, -0.05) is 74.5 Å². The largest absolute Gasteiger partial charge is 0.275 e. The molecule has 0 radical (unpaired) electrons. The first-order chi connectivity index (χ1) is 8.86. The molecule has 0 saturated heterocycles. The van der Waals surface area contributed by atoms with Gasteiger partial charge in [0.25, 0.3) is 0 Å². The summed E-state index contributed by atoms with van der Waals surface area (Å²) >= 11 is 0. The minimum Gasteiger partial charge on any atom is -0.275 e. The number of nitrogens with zero attached hydrogens (tertiary/aromatic N) is 1. The SMILES string of the molecule is CCN(CC)P(c1ccccc1)c1ccccc1.Cl. The van der Waals surface area contributed by atoms with Gasteiger partial charge in [-0.2, -0.15) is 0 Å². The minimum atomic E-state index is -0.381. The highest BCUT2D eigenvalue weighted by molar-refractivity contribution is 7.70. The van der Waals surface area contributed by atoms with Crippen molar-refractivity contribution in [2.75, 3.05) is 13.1 Å². The van der Waals surface area contributed by atoms with E-state index in [2.05, 4.69) is 79.2 Å². The third-order valence-corrected chi connectivity index (χ3v) is 5.72. The Hall–Kier alpha value is -0.880. The molecule has 0 spiro atoms. The van der Waals surface area contributed by atoms with Gasteiger partial charge in [-0.3, -0.25) is 4.67 Å². The Morgan fingerprint density at radius 3 is 1.42 bits per heavy atom. The van der Waals surface area contributed by atoms with Crippen LogP contribution in [0.15, 0.2) is 60.7 Å². The molecule has 0 fully saturated rings. The Balaban J connectivity index is 0.00000180. The van der Waals surface area contributed by atoms with Gasteiger partial charge in [-0.15, -0.1) is 12.4 Å². The summed E-state index contributed by atoms with van der Waals surface area (Å²) in [5.41, 5.74) is 0. The number of halogens is 1. The van der Waals surface area contributed by atoms with Crippen LogP contribution in [0.25, 0.3) is 0 Å². The highest BCUT2D eigenvalue weighted by Crippen LogP contribution is 2.37. The molecule has 0 aliphatic rings. The van der Waals surface area contributed by atoms with Gasteiger partial charge in [0.05, 0.1) is 0 Å². The molecule has 0 bridgehead atoms. The summed E-state index contributed by atoms with van der Waals surface area (Å²) in [5, 5.41) is 2.87. The van der Waals surface area contributed by atoms with E-state index in [9.17, 15) is 0 Å². The fraction of sp³-hybridized carbons (Fsp3) is 0.250. The summed E-state index contributed by atoms with van der Waals surface area (Å²) in [6.07, 6.45) is 0. The second kappa shape index (κ2) is 8.32. The molecular formula is C16H21ClNP. The number of benzene rings is 2. The summed E-state index contributed by atoms with van der Waals surface area (Å²) in [6, 6.07) is 21.7. The molecule has 0 saturated carbocycles. The molecule has 2 aromatic rings. The van der Waals surface area contributed by atoms with Gasteiger partial charge in [-0.05, 0) is 23.7 Å². The zero-order chi connectivity index (χ0) is 12.8. The van der Waals surface area contributed by atoms with Gasteiger partial charge in [0, 0.05) is 8.07 Å². The average Bonchev–Trinajstić information content (AvgIpc) is 2.46. The van der Waals surface area contributed by atoms with E-state index >= 15 is 0 Å². The molecular weight excluding hydrogens is 273 g/mol. The van der Waals surface area contributed by atoms with Crippen molar-refractivity contribution in [3.05, 3.63) is 60.7 Å². The van der Waals surface area contributed by atoms with Crippen molar-refractivity contribution in [1.82, 2.24) is 4.67 Å². The molecule has 0 amide bonds. The van der Waals surface area contributed by atoms with Crippen molar-refractivity contribution in [2.45, 2.75) is 13.8 Å². The molecule has 0 aliphatic carbocycles. The second-order valence-corrected chi connectivity index (χ2v) is 6.34. The first-order valence-corrected chi connectivity index (χ1v) is 7.81. The van der Waals surface area contributed by atoms with Crippen molar-refractivity contribution in [3.8, 4) is 0 Å². The molecule has 1 nitrogen and oxygen atoms in total. The van der Waals surface area contributed by atoms with E-state index in [0.29, 0.717) is 0 Å². The van der Waals surface area contributed by atoms with Crippen LogP contribution in [-0.2, 0) is 0 Å². The number of rotatable bonds is 5. The normalized spacial score (nSPS) is 10.5. The summed E-state index contributed by atoms with van der Waals surface area (Å²) in [6.45, 7) is 6.66. The van der Waals surface area contributed by atoms with Crippen LogP contribution in [0, 0.1) is 0 Å². The third kappa shape index (κ3) is 4.04. The zero-order valence-corrected chi connectivity index (χ0v) is 13.2. The number of hydrogen-bond donors (Lipinski definition) is 0. The average molecular weight is 294 g/mol. The summed E-state index contributed by atoms with van der Waals surface area (Å²) in [5.74, 6) is 0. The van der Waals surface area contributed by atoms with Gasteiger partial charge in [-0.25, -0.2) is 0 Å². The van der Waals surface area contributed by atoms with Crippen LogP contribution in [-0.4, -0.2) is 17.8 Å². The molecule has 19 heavy (non-hydrogen) atoms. The number of hydrogen-bond acceptors (Lipinski definition) is 1. The first kappa shape index (κ1) is 16.2. The van der Waals surface area contributed by atoms with Gasteiger partial charge < -0.3 is 0 Å². The molecule has 0 N–H and O–H groups in total. The lowest BCUT2D eigenvalue weighted by Gasteiger charge is -2.30. The van der Waals surface area contributed by atoms with E-state index in [1.165, 1.54) is 10.6 Å². The van der Waals surface area contributed by atoms with E-state index in [1.54, 1.807) is 0 Å². The van der Waals surface area contributed by atoms with Gasteiger partial charge >= 0.3 is 0 Å². The summed E-state index contributed by atoms with van der Waals surface area (Å²) < 4.78 is 2.56. The Morgan fingerprint density at radius 1 is 0.737 bits per heavy atom. The topological polar surface area (TPSA) is 3.24 Å². The van der Waals surface area contributed by atoms with E-state index in [-0.39, 0.29) is 20.5 Å². The Bertz CT molecular complexity index is 417. The predicted molar refractivity (Wildman–Crippen MR) is 89.2 cm³/mol. The van der Waals surface area contributed by atoms with E-state index in [4.69, 9.17) is 0 Å². The van der Waals surface area contributed by atoms with Crippen LogP contribution in [0.4, 0.5) is 0 Å². The molecule has 102 valence electrons. The van der Waals surface area contributed by atoms with Crippen LogP contribution in [0.3, 0.4) is 0 Å². The standard InChI is InChI=1S/C16H20NP.ClH/c1-3-17(4-2)18(15-11-7-5-8-12-15)16-13-9-6-10-14-16;/h5-14H,3-4H2,1-2H3;1H. The fourth-order valence-electron chi connectivity index (χ4n) is 2.12. The lowest BCUT2D eigenvalue weighted by Crippen LogP contribution is -2.28. The first-order valence-electron chi connectivity index (χ1n) is 6.52. The Labute approximate surface area is 123 Å². The van der Waals surface area contributed by atoms with Gasteiger partial charge in [0.1, 0.15) is 0 Å². The van der Waals surface area contributed by atoms with Crippen LogP contribution in [0.5, 0.6) is 0 Å². The molecule has 3 heteroatoms. The van der Waals surface area contributed by atoms with Crippen molar-refractivity contribution in [1.29, 1.82) is 0 Å². The predicted octanol–water partition coefficient (Wildman–Crippen LogP) is 3.80. The monoisotopic (exact) mass is 293 g/mol. The second-order valence-electron chi connectivity index (χ2n) is 4.12. The third-order valence-electron chi connectivity index (χ3n) is 3.01. The molecule has 0 aliphatic heterocycles. The molecule has 0 unspecified atom stereocenters. The molecule has 2 aromatic carbocycles. The van der Waals surface area contributed by atoms with Crippen molar-refractivity contribution >= 4 is 31.1 Å². The maximum absolute atomic E-state index is 2.56. The smallest absolute Gasteiger partial charge is 0.0281 e. The van der Waals surface area contributed by atoms with Crippen LogP contribution in [0.1, 0.15) is 13.8 Å². The highest BCUT2D eigenvalue weighted by atomic mass is 35.5. The summed E-state index contributed by atoms with van der Waals surface area (Å²) in [7, 11) is -0.381. The molecule has 0 heterocycles. The molecule has 2 rings (SSSR count). The Kier molecular flexibility index (Phi) is 7.09. The fourth-order valence-corrected chi connectivity index (χ4v) is 4.55. The maximum Gasteiger partial charge on any atom is 0.0281 e. The van der Waals surface area contributed by atoms with Crippen molar-refractivity contribution in [3.63, 3.8) is 0 Å². The van der Waals surface area contributed by atoms with Crippen molar-refractivity contribution in [2.24, 2.45) is 0 Å². The maximum atomic E-state index is 2.56.